The molecule has 1 N–H and O–H groups in total. The fourth-order valence-electron chi connectivity index (χ4n) is 3.07. The zero-order valence-corrected chi connectivity index (χ0v) is 15.7. The highest BCUT2D eigenvalue weighted by Gasteiger charge is 2.30. The van der Waals surface area contributed by atoms with Crippen molar-refractivity contribution in [2.24, 2.45) is 0 Å². The van der Waals surface area contributed by atoms with Crippen molar-refractivity contribution in [1.29, 1.82) is 0 Å². The number of non-ortho nitro benzene ring substituents is 2. The molecule has 1 fully saturated rings. The van der Waals surface area contributed by atoms with Gasteiger partial charge in [-0.2, -0.15) is 0 Å². The van der Waals surface area contributed by atoms with Gasteiger partial charge >= 0.3 is 0 Å². The third kappa shape index (κ3) is 4.66. The van der Waals surface area contributed by atoms with Crippen LogP contribution in [-0.4, -0.2) is 45.7 Å². The highest BCUT2D eigenvalue weighted by atomic mass is 35.5. The van der Waals surface area contributed by atoms with Crippen molar-refractivity contribution >= 4 is 34.8 Å². The lowest BCUT2D eigenvalue weighted by Gasteiger charge is -2.17. The number of likely N-dealkylation sites (tertiary alicyclic amines) is 1. The van der Waals surface area contributed by atoms with Crippen molar-refractivity contribution in [1.82, 2.24) is 10.2 Å². The van der Waals surface area contributed by atoms with Gasteiger partial charge in [-0.3, -0.25) is 29.8 Å². The summed E-state index contributed by atoms with van der Waals surface area (Å²) in [5, 5.41) is 25.2. The maximum Gasteiger partial charge on any atom is 0.277 e. The van der Waals surface area contributed by atoms with Crippen LogP contribution in [0.1, 0.15) is 27.1 Å². The van der Waals surface area contributed by atoms with Gasteiger partial charge in [-0.05, 0) is 24.6 Å². The van der Waals surface area contributed by atoms with E-state index in [9.17, 15) is 29.8 Å². The third-order valence-electron chi connectivity index (χ3n) is 4.47. The van der Waals surface area contributed by atoms with Gasteiger partial charge in [0, 0.05) is 41.9 Å². The van der Waals surface area contributed by atoms with Gasteiger partial charge in [0.05, 0.1) is 21.5 Å². The van der Waals surface area contributed by atoms with E-state index < -0.39 is 27.1 Å². The minimum Gasteiger partial charge on any atom is -0.347 e. The zero-order chi connectivity index (χ0) is 21.1. The second-order valence-electron chi connectivity index (χ2n) is 6.47. The topological polar surface area (TPSA) is 136 Å². The van der Waals surface area contributed by atoms with E-state index in [1.807, 2.05) is 0 Å². The van der Waals surface area contributed by atoms with Crippen molar-refractivity contribution in [2.75, 3.05) is 13.1 Å². The highest BCUT2D eigenvalue weighted by molar-refractivity contribution is 6.30. The first kappa shape index (κ1) is 20.2. The van der Waals surface area contributed by atoms with Crippen molar-refractivity contribution in [3.63, 3.8) is 0 Å². The summed E-state index contributed by atoms with van der Waals surface area (Å²) < 4.78 is 0. The Bertz CT molecular complexity index is 979. The summed E-state index contributed by atoms with van der Waals surface area (Å²) in [4.78, 5) is 46.8. The number of carbonyl (C=O) groups is 2. The molecule has 0 spiro atoms. The average Bonchev–Trinajstić information content (AvgIpc) is 3.15. The fraction of sp³-hybridized carbons (Fsp3) is 0.222. The molecule has 1 aliphatic heterocycles. The molecule has 2 amide bonds. The van der Waals surface area contributed by atoms with Crippen LogP contribution in [0.15, 0.2) is 42.5 Å². The Balaban J connectivity index is 1.71. The number of carbonyl (C=O) groups excluding carboxylic acids is 2. The van der Waals surface area contributed by atoms with Crippen molar-refractivity contribution in [3.05, 3.63) is 78.8 Å². The normalized spacial score (nSPS) is 15.8. The number of rotatable bonds is 5. The Morgan fingerprint density at radius 3 is 2.28 bits per heavy atom. The number of nitro groups is 2. The van der Waals surface area contributed by atoms with Crippen molar-refractivity contribution in [3.8, 4) is 0 Å². The molecule has 0 radical (unpaired) electrons. The Hall–Kier alpha value is -3.53. The molecule has 0 bridgehead atoms. The number of amides is 2. The molecule has 29 heavy (non-hydrogen) atoms. The summed E-state index contributed by atoms with van der Waals surface area (Å²) in [5.41, 5.74) is -0.829. The van der Waals surface area contributed by atoms with Crippen LogP contribution < -0.4 is 5.32 Å². The van der Waals surface area contributed by atoms with Gasteiger partial charge in [-0.1, -0.05) is 17.7 Å². The molecule has 0 aliphatic carbocycles. The summed E-state index contributed by atoms with van der Waals surface area (Å²) in [5.74, 6) is -0.908. The lowest BCUT2D eigenvalue weighted by atomic mass is 10.1. The predicted molar refractivity (Wildman–Crippen MR) is 103 cm³/mol. The van der Waals surface area contributed by atoms with Crippen LogP contribution in [0.4, 0.5) is 11.4 Å². The second kappa shape index (κ2) is 8.23. The van der Waals surface area contributed by atoms with E-state index in [1.54, 1.807) is 18.2 Å². The standard InChI is InChI=1S/C18H15ClN4O6/c19-13-3-1-2-11(6-13)17(24)20-14-4-5-21(10-14)18(25)12-7-15(22(26)27)9-16(8-12)23(28)29/h1-3,6-9,14H,4-5,10H2,(H,20,24)/t14-/m1/s1. The van der Waals surface area contributed by atoms with Gasteiger partial charge in [0.25, 0.3) is 23.2 Å². The van der Waals surface area contributed by atoms with E-state index in [2.05, 4.69) is 5.32 Å². The summed E-state index contributed by atoms with van der Waals surface area (Å²) >= 11 is 5.88. The number of halogens is 1. The molecule has 2 aromatic carbocycles. The summed E-state index contributed by atoms with van der Waals surface area (Å²) in [6, 6.07) is 8.93. The molecule has 11 heteroatoms. The molecule has 0 saturated carbocycles. The number of nitrogens with one attached hydrogen (secondary N) is 1. The average molecular weight is 419 g/mol. The maximum absolute atomic E-state index is 12.7. The molecule has 0 aromatic heterocycles. The fourth-order valence-corrected chi connectivity index (χ4v) is 3.26. The first-order chi connectivity index (χ1) is 13.7. The van der Waals surface area contributed by atoms with E-state index >= 15 is 0 Å². The highest BCUT2D eigenvalue weighted by Crippen LogP contribution is 2.25. The smallest absolute Gasteiger partial charge is 0.277 e. The Labute approximate surface area is 169 Å². The van der Waals surface area contributed by atoms with Crippen molar-refractivity contribution < 1.29 is 19.4 Å². The van der Waals surface area contributed by atoms with Crippen LogP contribution in [0, 0.1) is 20.2 Å². The number of benzene rings is 2. The predicted octanol–water partition coefficient (Wildman–Crippen LogP) is 2.80. The zero-order valence-electron chi connectivity index (χ0n) is 14.9. The molecule has 1 heterocycles. The Kier molecular flexibility index (Phi) is 5.74. The van der Waals surface area contributed by atoms with E-state index in [-0.39, 0.29) is 24.1 Å². The van der Waals surface area contributed by atoms with Crippen LogP contribution in [0.2, 0.25) is 5.02 Å². The van der Waals surface area contributed by atoms with Crippen LogP contribution in [-0.2, 0) is 0 Å². The number of hydrogen-bond acceptors (Lipinski definition) is 6. The van der Waals surface area contributed by atoms with Gasteiger partial charge in [0.1, 0.15) is 0 Å². The van der Waals surface area contributed by atoms with Crippen LogP contribution in [0.3, 0.4) is 0 Å². The van der Waals surface area contributed by atoms with Gasteiger partial charge < -0.3 is 10.2 Å². The Morgan fingerprint density at radius 2 is 1.69 bits per heavy atom. The lowest BCUT2D eigenvalue weighted by molar-refractivity contribution is -0.394. The first-order valence-electron chi connectivity index (χ1n) is 8.54. The van der Waals surface area contributed by atoms with Crippen LogP contribution in [0.25, 0.3) is 0 Å². The van der Waals surface area contributed by atoms with Gasteiger partial charge in [0.2, 0.25) is 0 Å². The third-order valence-corrected chi connectivity index (χ3v) is 4.70. The molecule has 1 saturated heterocycles. The molecule has 2 aromatic rings. The van der Waals surface area contributed by atoms with Crippen LogP contribution in [0.5, 0.6) is 0 Å². The number of nitro benzene ring substituents is 2. The van der Waals surface area contributed by atoms with Crippen LogP contribution >= 0.6 is 11.6 Å². The molecule has 150 valence electrons. The molecule has 10 nitrogen and oxygen atoms in total. The van der Waals surface area contributed by atoms with E-state index in [4.69, 9.17) is 11.6 Å². The molecule has 1 aliphatic rings. The number of nitrogens with zero attached hydrogens (tertiary/aromatic N) is 3. The van der Waals surface area contributed by atoms with Gasteiger partial charge in [-0.25, -0.2) is 0 Å². The van der Waals surface area contributed by atoms with Gasteiger partial charge in [-0.15, -0.1) is 0 Å². The maximum atomic E-state index is 12.7. The minimum absolute atomic E-state index is 0.146. The lowest BCUT2D eigenvalue weighted by Crippen LogP contribution is -2.38. The Morgan fingerprint density at radius 1 is 1.03 bits per heavy atom. The monoisotopic (exact) mass is 418 g/mol. The van der Waals surface area contributed by atoms with E-state index in [0.29, 0.717) is 23.6 Å². The summed E-state index contributed by atoms with van der Waals surface area (Å²) in [6.45, 7) is 0.484. The first-order valence-corrected chi connectivity index (χ1v) is 8.92. The molecule has 1 atom stereocenters. The second-order valence-corrected chi connectivity index (χ2v) is 6.91. The molecule has 0 unspecified atom stereocenters. The summed E-state index contributed by atoms with van der Waals surface area (Å²) in [7, 11) is 0. The quantitative estimate of drug-likeness (QED) is 0.585. The molecular weight excluding hydrogens is 404 g/mol. The largest absolute Gasteiger partial charge is 0.347 e. The minimum atomic E-state index is -0.790. The summed E-state index contributed by atoms with van der Waals surface area (Å²) in [6.07, 6.45) is 0.481. The van der Waals surface area contributed by atoms with E-state index in [1.165, 1.54) is 11.0 Å². The molecular formula is C18H15ClN4O6. The van der Waals surface area contributed by atoms with Crippen molar-refractivity contribution in [2.45, 2.75) is 12.5 Å². The van der Waals surface area contributed by atoms with Gasteiger partial charge in [0.15, 0.2) is 0 Å². The SMILES string of the molecule is O=C(N[C@@H]1CCN(C(=O)c2cc([N+](=O)[O-])cc([N+](=O)[O-])c2)C1)c1cccc(Cl)c1. The molecule has 3 rings (SSSR count). The van der Waals surface area contributed by atoms with E-state index in [0.717, 1.165) is 18.2 Å². The number of hydrogen-bond donors (Lipinski definition) is 1.